The van der Waals surface area contributed by atoms with E-state index >= 15 is 0 Å². The molecule has 0 amide bonds. The molecule has 0 fully saturated rings. The number of hydrogen-bond acceptors (Lipinski definition) is 4. The van der Waals surface area contributed by atoms with Crippen molar-refractivity contribution in [1.29, 1.82) is 0 Å². The largest absolute Gasteiger partial charge is 0.465 e. The van der Waals surface area contributed by atoms with E-state index in [1.165, 1.54) is 0 Å². The van der Waals surface area contributed by atoms with Gasteiger partial charge in [0.25, 0.3) is 0 Å². The first-order valence-corrected chi connectivity index (χ1v) is 6.95. The molecule has 1 unspecified atom stereocenters. The van der Waals surface area contributed by atoms with Crippen molar-refractivity contribution in [3.63, 3.8) is 0 Å². The molecular formula is C17H23NO3. The fourth-order valence-corrected chi connectivity index (χ4v) is 2.00. The zero-order valence-corrected chi connectivity index (χ0v) is 12.4. The normalized spacial score (nSPS) is 14.3. The van der Waals surface area contributed by atoms with Crippen LogP contribution < -0.4 is 5.73 Å². The number of ether oxygens (including phenoxy) is 1. The van der Waals surface area contributed by atoms with Crippen molar-refractivity contribution >= 4 is 5.97 Å². The number of aliphatic hydroxyl groups excluding tert-OH is 1. The van der Waals surface area contributed by atoms with E-state index in [1.807, 2.05) is 30.3 Å². The van der Waals surface area contributed by atoms with Gasteiger partial charge in [-0.1, -0.05) is 43.0 Å². The number of carbonyl (C=O) groups is 1. The van der Waals surface area contributed by atoms with Crippen molar-refractivity contribution in [1.82, 2.24) is 0 Å². The predicted octanol–water partition coefficient (Wildman–Crippen LogP) is 2.19. The van der Waals surface area contributed by atoms with Crippen LogP contribution in [0.2, 0.25) is 0 Å². The topological polar surface area (TPSA) is 72.6 Å². The highest BCUT2D eigenvalue weighted by Gasteiger charge is 2.37. The van der Waals surface area contributed by atoms with Crippen molar-refractivity contribution in [3.05, 3.63) is 60.3 Å². The average Bonchev–Trinajstić information content (AvgIpc) is 2.48. The lowest BCUT2D eigenvalue weighted by Crippen LogP contribution is -2.37. The molecule has 0 aliphatic rings. The molecule has 0 saturated heterocycles. The van der Waals surface area contributed by atoms with E-state index in [0.29, 0.717) is 18.5 Å². The molecule has 1 rings (SSSR count). The van der Waals surface area contributed by atoms with E-state index in [2.05, 4.69) is 6.58 Å². The highest BCUT2D eigenvalue weighted by Crippen LogP contribution is 2.30. The van der Waals surface area contributed by atoms with Crippen LogP contribution in [0.5, 0.6) is 0 Å². The summed E-state index contributed by atoms with van der Waals surface area (Å²) in [5.41, 5.74) is 6.51. The van der Waals surface area contributed by atoms with E-state index in [4.69, 9.17) is 15.6 Å². The molecule has 0 aliphatic carbocycles. The Morgan fingerprint density at radius 1 is 1.43 bits per heavy atom. The summed E-state index contributed by atoms with van der Waals surface area (Å²) in [4.78, 5) is 12.4. The van der Waals surface area contributed by atoms with Crippen LogP contribution >= 0.6 is 0 Å². The first-order valence-electron chi connectivity index (χ1n) is 6.95. The van der Waals surface area contributed by atoms with Gasteiger partial charge in [0.2, 0.25) is 0 Å². The van der Waals surface area contributed by atoms with Gasteiger partial charge in [0, 0.05) is 18.7 Å². The standard InChI is InChI=1S/C17H23NO3/c1-3-8-15(18)17(2,16(20)21-12-7-11-19)13-14-9-5-4-6-10-14/h3-6,8-10,19H,1,7,11-13,18H2,2H3/b15-8-. The number of rotatable bonds is 8. The maximum Gasteiger partial charge on any atom is 0.318 e. The summed E-state index contributed by atoms with van der Waals surface area (Å²) in [6.07, 6.45) is 4.04. The van der Waals surface area contributed by atoms with Crippen molar-refractivity contribution in [2.45, 2.75) is 19.8 Å². The van der Waals surface area contributed by atoms with Crippen LogP contribution in [-0.4, -0.2) is 24.3 Å². The van der Waals surface area contributed by atoms with E-state index in [9.17, 15) is 4.79 Å². The molecule has 4 nitrogen and oxygen atoms in total. The molecule has 0 radical (unpaired) electrons. The van der Waals surface area contributed by atoms with Gasteiger partial charge in [-0.25, -0.2) is 0 Å². The lowest BCUT2D eigenvalue weighted by Gasteiger charge is -2.28. The Hall–Kier alpha value is -2.07. The summed E-state index contributed by atoms with van der Waals surface area (Å²) in [5.74, 6) is -0.393. The lowest BCUT2D eigenvalue weighted by atomic mass is 9.80. The molecule has 0 bridgehead atoms. The summed E-state index contributed by atoms with van der Waals surface area (Å²) < 4.78 is 5.23. The number of hydrogen-bond donors (Lipinski definition) is 2. The van der Waals surface area contributed by atoms with Crippen LogP contribution in [0, 0.1) is 5.41 Å². The number of nitrogens with two attached hydrogens (primary N) is 1. The summed E-state index contributed by atoms with van der Waals surface area (Å²) in [7, 11) is 0. The van der Waals surface area contributed by atoms with Crippen LogP contribution in [0.4, 0.5) is 0 Å². The minimum atomic E-state index is -0.953. The second-order valence-electron chi connectivity index (χ2n) is 5.07. The molecule has 3 N–H and O–H groups in total. The Morgan fingerprint density at radius 2 is 2.10 bits per heavy atom. The van der Waals surface area contributed by atoms with Crippen molar-refractivity contribution < 1.29 is 14.6 Å². The molecule has 0 spiro atoms. The lowest BCUT2D eigenvalue weighted by molar-refractivity contribution is -0.153. The average molecular weight is 289 g/mol. The molecule has 0 saturated carbocycles. The molecule has 0 aromatic heterocycles. The van der Waals surface area contributed by atoms with Crippen LogP contribution in [-0.2, 0) is 16.0 Å². The Morgan fingerprint density at radius 3 is 2.67 bits per heavy atom. The molecule has 1 aromatic carbocycles. The van der Waals surface area contributed by atoms with E-state index < -0.39 is 11.4 Å². The first-order chi connectivity index (χ1) is 10.0. The minimum absolute atomic E-state index is 0.0132. The number of carbonyl (C=O) groups excluding carboxylic acids is 1. The molecule has 4 heteroatoms. The maximum absolute atomic E-state index is 12.4. The van der Waals surface area contributed by atoms with Gasteiger partial charge in [-0.15, -0.1) is 0 Å². The Kier molecular flexibility index (Phi) is 6.69. The molecule has 1 aromatic rings. The zero-order chi connectivity index (χ0) is 15.7. The highest BCUT2D eigenvalue weighted by molar-refractivity contribution is 5.80. The minimum Gasteiger partial charge on any atom is -0.465 e. The molecule has 1 atom stereocenters. The van der Waals surface area contributed by atoms with Crippen LogP contribution in [0.15, 0.2) is 54.8 Å². The third-order valence-electron chi connectivity index (χ3n) is 3.32. The number of benzene rings is 1. The van der Waals surface area contributed by atoms with Gasteiger partial charge in [0.05, 0.1) is 6.61 Å². The van der Waals surface area contributed by atoms with Crippen LogP contribution in [0.3, 0.4) is 0 Å². The first kappa shape index (κ1) is 17.0. The maximum atomic E-state index is 12.4. The summed E-state index contributed by atoms with van der Waals surface area (Å²) in [6.45, 7) is 5.54. The molecule has 114 valence electrons. The second kappa shape index (κ2) is 8.27. The van der Waals surface area contributed by atoms with Crippen molar-refractivity contribution in [2.24, 2.45) is 11.1 Å². The number of allylic oxidation sites excluding steroid dienone is 2. The third kappa shape index (κ3) is 4.76. The van der Waals surface area contributed by atoms with Gasteiger partial charge in [0.15, 0.2) is 0 Å². The van der Waals surface area contributed by atoms with Crippen molar-refractivity contribution in [2.75, 3.05) is 13.2 Å². The Bertz CT molecular complexity index is 496. The molecule has 0 heterocycles. The summed E-state index contributed by atoms with van der Waals surface area (Å²) in [5, 5.41) is 8.77. The Balaban J connectivity index is 2.97. The van der Waals surface area contributed by atoms with Gasteiger partial charge < -0.3 is 15.6 Å². The van der Waals surface area contributed by atoms with Gasteiger partial charge >= 0.3 is 5.97 Å². The highest BCUT2D eigenvalue weighted by atomic mass is 16.5. The van der Waals surface area contributed by atoms with E-state index in [1.54, 1.807) is 19.1 Å². The number of esters is 1. The summed E-state index contributed by atoms with van der Waals surface area (Å²) >= 11 is 0. The Labute approximate surface area is 125 Å². The molecular weight excluding hydrogens is 266 g/mol. The summed E-state index contributed by atoms with van der Waals surface area (Å²) in [6, 6.07) is 9.64. The second-order valence-corrected chi connectivity index (χ2v) is 5.07. The van der Waals surface area contributed by atoms with Crippen LogP contribution in [0.25, 0.3) is 0 Å². The monoisotopic (exact) mass is 289 g/mol. The SMILES string of the molecule is C=C/C=C(\N)C(C)(Cc1ccccc1)C(=O)OCCCO. The number of aliphatic hydroxyl groups is 1. The van der Waals surface area contributed by atoms with E-state index in [-0.39, 0.29) is 13.2 Å². The predicted molar refractivity (Wildman–Crippen MR) is 83.4 cm³/mol. The van der Waals surface area contributed by atoms with E-state index in [0.717, 1.165) is 5.56 Å². The van der Waals surface area contributed by atoms with Gasteiger partial charge in [-0.05, 0) is 25.0 Å². The van der Waals surface area contributed by atoms with Gasteiger partial charge in [-0.2, -0.15) is 0 Å². The third-order valence-corrected chi connectivity index (χ3v) is 3.32. The molecule has 21 heavy (non-hydrogen) atoms. The van der Waals surface area contributed by atoms with Gasteiger partial charge in [0.1, 0.15) is 5.41 Å². The van der Waals surface area contributed by atoms with Crippen LogP contribution in [0.1, 0.15) is 18.9 Å². The molecule has 0 aliphatic heterocycles. The van der Waals surface area contributed by atoms with Crippen molar-refractivity contribution in [3.8, 4) is 0 Å². The van der Waals surface area contributed by atoms with Gasteiger partial charge in [-0.3, -0.25) is 4.79 Å². The quantitative estimate of drug-likeness (QED) is 0.437. The fourth-order valence-electron chi connectivity index (χ4n) is 2.00. The zero-order valence-electron chi connectivity index (χ0n) is 12.4. The smallest absolute Gasteiger partial charge is 0.318 e. The fraction of sp³-hybridized carbons (Fsp3) is 0.353.